The number of carboxylic acid groups (broad SMARTS) is 1. The predicted octanol–water partition coefficient (Wildman–Crippen LogP) is 3.12. The maximum atomic E-state index is 10.8. The number of hydrogen-bond donors (Lipinski definition) is 1. The molecule has 0 radical (unpaired) electrons. The number of rotatable bonds is 5. The van der Waals surface area contributed by atoms with Crippen LogP contribution in [-0.2, 0) is 6.61 Å². The van der Waals surface area contributed by atoms with E-state index >= 15 is 0 Å². The molecule has 8 heteroatoms. The van der Waals surface area contributed by atoms with Crippen LogP contribution in [0.5, 0.6) is 5.75 Å². The Morgan fingerprint density at radius 3 is 2.80 bits per heavy atom. The molecule has 1 aromatic heterocycles. The number of carboxylic acids is 1. The molecule has 20 heavy (non-hydrogen) atoms. The first-order chi connectivity index (χ1) is 9.47. The molecule has 1 N–H and O–H groups in total. The average Bonchev–Trinajstić information content (AvgIpc) is 2.86. The molecule has 2 aromatic rings. The van der Waals surface area contributed by atoms with Crippen molar-refractivity contribution < 1.29 is 24.0 Å². The summed E-state index contributed by atoms with van der Waals surface area (Å²) in [6.45, 7) is -0.129. The molecule has 1 heterocycles. The van der Waals surface area contributed by atoms with E-state index in [2.05, 4.69) is 0 Å². The predicted molar refractivity (Wildman–Crippen MR) is 68.1 cm³/mol. The molecule has 2 rings (SSSR count). The molecule has 0 saturated carbocycles. The number of furan rings is 1. The highest BCUT2D eigenvalue weighted by atomic mass is 35.5. The van der Waals surface area contributed by atoms with Crippen LogP contribution in [0.25, 0.3) is 0 Å². The van der Waals surface area contributed by atoms with Crippen molar-refractivity contribution in [2.24, 2.45) is 0 Å². The molecule has 0 atom stereocenters. The van der Waals surface area contributed by atoms with Crippen LogP contribution in [-0.4, -0.2) is 16.0 Å². The van der Waals surface area contributed by atoms with Gasteiger partial charge in [-0.05, 0) is 18.2 Å². The van der Waals surface area contributed by atoms with Gasteiger partial charge >= 0.3 is 11.7 Å². The molecule has 0 unspecified atom stereocenters. The Balaban J connectivity index is 2.14. The van der Waals surface area contributed by atoms with Crippen LogP contribution in [0.1, 0.15) is 16.1 Å². The Hall–Kier alpha value is -2.54. The van der Waals surface area contributed by atoms with Gasteiger partial charge in [0.25, 0.3) is 0 Å². The molecule has 1 aromatic carbocycles. The fraction of sp³-hybridized carbons (Fsp3) is 0.0833. The van der Waals surface area contributed by atoms with Gasteiger partial charge in [-0.25, -0.2) is 4.79 Å². The van der Waals surface area contributed by atoms with Crippen molar-refractivity contribution in [1.82, 2.24) is 0 Å². The van der Waals surface area contributed by atoms with Crippen LogP contribution in [0.4, 0.5) is 5.69 Å². The fourth-order valence-electron chi connectivity index (χ4n) is 1.47. The van der Waals surface area contributed by atoms with Crippen LogP contribution in [0.2, 0.25) is 5.02 Å². The third-order valence-electron chi connectivity index (χ3n) is 2.39. The second-order valence-electron chi connectivity index (χ2n) is 3.76. The van der Waals surface area contributed by atoms with Gasteiger partial charge in [-0.1, -0.05) is 11.6 Å². The van der Waals surface area contributed by atoms with Crippen LogP contribution in [0.3, 0.4) is 0 Å². The molecule has 104 valence electrons. The van der Waals surface area contributed by atoms with Gasteiger partial charge in [0.15, 0.2) is 5.75 Å². The molecule has 0 saturated heterocycles. The van der Waals surface area contributed by atoms with Crippen LogP contribution < -0.4 is 4.74 Å². The molecule has 0 bridgehead atoms. The summed E-state index contributed by atoms with van der Waals surface area (Å²) in [7, 11) is 0. The Labute approximate surface area is 117 Å². The van der Waals surface area contributed by atoms with Crippen LogP contribution in [0, 0.1) is 10.1 Å². The van der Waals surface area contributed by atoms with Gasteiger partial charge in [0.05, 0.1) is 10.5 Å². The molecule has 0 fully saturated rings. The van der Waals surface area contributed by atoms with Gasteiger partial charge in [-0.3, -0.25) is 10.1 Å². The third-order valence-corrected chi connectivity index (χ3v) is 2.62. The number of nitrogens with zero attached hydrogens (tertiary/aromatic N) is 1. The molecule has 0 aliphatic heterocycles. The number of nitro groups is 1. The van der Waals surface area contributed by atoms with Crippen molar-refractivity contribution >= 4 is 23.3 Å². The first-order valence-electron chi connectivity index (χ1n) is 5.35. The number of aromatic carboxylic acids is 1. The van der Waals surface area contributed by atoms with Crippen molar-refractivity contribution in [3.05, 3.63) is 57.0 Å². The Morgan fingerprint density at radius 1 is 1.45 bits per heavy atom. The summed E-state index contributed by atoms with van der Waals surface area (Å²) in [5, 5.41) is 19.8. The number of halogens is 1. The summed E-state index contributed by atoms with van der Waals surface area (Å²) >= 11 is 5.67. The minimum atomic E-state index is -1.13. The lowest BCUT2D eigenvalue weighted by Gasteiger charge is -2.05. The van der Waals surface area contributed by atoms with E-state index < -0.39 is 10.9 Å². The van der Waals surface area contributed by atoms with E-state index in [-0.39, 0.29) is 34.4 Å². The first-order valence-corrected chi connectivity index (χ1v) is 5.72. The van der Waals surface area contributed by atoms with E-state index in [4.69, 9.17) is 25.9 Å². The summed E-state index contributed by atoms with van der Waals surface area (Å²) in [5.74, 6) is -0.864. The minimum absolute atomic E-state index is 0.0193. The second-order valence-corrected chi connectivity index (χ2v) is 4.20. The highest BCUT2D eigenvalue weighted by Gasteiger charge is 2.16. The van der Waals surface area contributed by atoms with E-state index in [0.717, 1.165) is 6.26 Å². The molecule has 0 aliphatic rings. The highest BCUT2D eigenvalue weighted by molar-refractivity contribution is 6.30. The van der Waals surface area contributed by atoms with Gasteiger partial charge < -0.3 is 14.3 Å². The maximum Gasteiger partial charge on any atom is 0.338 e. The van der Waals surface area contributed by atoms with Crippen molar-refractivity contribution in [2.75, 3.05) is 0 Å². The zero-order valence-corrected chi connectivity index (χ0v) is 10.7. The summed E-state index contributed by atoms with van der Waals surface area (Å²) in [6.07, 6.45) is 1.07. The third kappa shape index (κ3) is 3.07. The van der Waals surface area contributed by atoms with Crippen molar-refractivity contribution in [2.45, 2.75) is 6.61 Å². The standard InChI is InChI=1S/C12H8ClNO6/c13-8-1-2-11(10(4-8)14(17)18)20-6-9-3-7(5-19-9)12(15)16/h1-5H,6H2,(H,15,16). The minimum Gasteiger partial charge on any atom is -0.479 e. The molecule has 7 nitrogen and oxygen atoms in total. The van der Waals surface area contributed by atoms with Gasteiger partial charge in [-0.15, -0.1) is 0 Å². The largest absolute Gasteiger partial charge is 0.479 e. The van der Waals surface area contributed by atoms with E-state index in [1.807, 2.05) is 0 Å². The molecule has 0 spiro atoms. The molecular formula is C12H8ClNO6. The highest BCUT2D eigenvalue weighted by Crippen LogP contribution is 2.30. The van der Waals surface area contributed by atoms with Crippen molar-refractivity contribution in [3.63, 3.8) is 0 Å². The molecule has 0 amide bonds. The Morgan fingerprint density at radius 2 is 2.20 bits per heavy atom. The maximum absolute atomic E-state index is 10.8. The van der Waals surface area contributed by atoms with Crippen molar-refractivity contribution in [1.29, 1.82) is 0 Å². The molecule has 0 aliphatic carbocycles. The van der Waals surface area contributed by atoms with E-state index in [1.54, 1.807) is 0 Å². The van der Waals surface area contributed by atoms with Crippen molar-refractivity contribution in [3.8, 4) is 5.75 Å². The summed E-state index contributed by atoms with van der Waals surface area (Å²) in [4.78, 5) is 20.9. The summed E-state index contributed by atoms with van der Waals surface area (Å²) in [6, 6.07) is 5.27. The van der Waals surface area contributed by atoms with Crippen LogP contribution in [0.15, 0.2) is 34.9 Å². The normalized spacial score (nSPS) is 10.2. The lowest BCUT2D eigenvalue weighted by atomic mass is 10.3. The summed E-state index contributed by atoms with van der Waals surface area (Å²) < 4.78 is 10.2. The van der Waals surface area contributed by atoms with Gasteiger partial charge in [0.2, 0.25) is 0 Å². The smallest absolute Gasteiger partial charge is 0.338 e. The summed E-state index contributed by atoms with van der Waals surface area (Å²) in [5.41, 5.74) is -0.295. The van der Waals surface area contributed by atoms with E-state index in [1.165, 1.54) is 24.3 Å². The number of ether oxygens (including phenoxy) is 1. The first kappa shape index (κ1) is 13.9. The van der Waals surface area contributed by atoms with Crippen LogP contribution >= 0.6 is 11.6 Å². The zero-order valence-electron chi connectivity index (χ0n) is 9.91. The lowest BCUT2D eigenvalue weighted by molar-refractivity contribution is -0.385. The molecular weight excluding hydrogens is 290 g/mol. The van der Waals surface area contributed by atoms with Gasteiger partial charge in [0.1, 0.15) is 18.6 Å². The quantitative estimate of drug-likeness (QED) is 0.672. The SMILES string of the molecule is O=C(O)c1coc(COc2ccc(Cl)cc2[N+](=O)[O-])c1. The number of benzene rings is 1. The number of carbonyl (C=O) groups is 1. The topological polar surface area (TPSA) is 103 Å². The van der Waals surface area contributed by atoms with Gasteiger partial charge in [0, 0.05) is 11.1 Å². The Kier molecular flexibility index (Phi) is 3.90. The number of hydrogen-bond acceptors (Lipinski definition) is 5. The monoisotopic (exact) mass is 297 g/mol. The van der Waals surface area contributed by atoms with E-state index in [0.29, 0.717) is 0 Å². The lowest BCUT2D eigenvalue weighted by Crippen LogP contribution is -1.98. The average molecular weight is 298 g/mol. The zero-order chi connectivity index (χ0) is 14.7. The van der Waals surface area contributed by atoms with E-state index in [9.17, 15) is 14.9 Å². The second kappa shape index (κ2) is 5.62. The fourth-order valence-corrected chi connectivity index (χ4v) is 1.64. The Bertz CT molecular complexity index is 666. The van der Waals surface area contributed by atoms with Gasteiger partial charge in [-0.2, -0.15) is 0 Å². The number of nitro benzene ring substituents is 1.